The maximum Gasteiger partial charge on any atom is 0.266 e. The first-order valence-electron chi connectivity index (χ1n) is 9.01. The number of amides is 1. The van der Waals surface area contributed by atoms with Gasteiger partial charge in [-0.3, -0.25) is 9.69 Å². The Hall–Kier alpha value is -2.77. The zero-order valence-electron chi connectivity index (χ0n) is 15.5. The first-order chi connectivity index (χ1) is 14.1. The minimum Gasteiger partial charge on any atom is -0.450 e. The maximum absolute atomic E-state index is 13.1. The molecule has 0 spiro atoms. The molecular formula is C22H17FN2O2S2. The summed E-state index contributed by atoms with van der Waals surface area (Å²) in [4.78, 5) is 20.5. The minimum atomic E-state index is -0.320. The van der Waals surface area contributed by atoms with E-state index in [1.807, 2.05) is 49.4 Å². The number of hydrogen-bond acceptors (Lipinski definition) is 5. The molecule has 7 heteroatoms. The van der Waals surface area contributed by atoms with E-state index >= 15 is 0 Å². The van der Waals surface area contributed by atoms with Gasteiger partial charge in [0.05, 0.1) is 10.6 Å². The second-order valence-electron chi connectivity index (χ2n) is 6.10. The standard InChI is InChI=1S/C22H17FN2O2S2/c1-2-25-21(26)19(29-22(25)24-16-10-8-15(23)9-11-16)14-17-12-13-20(27-17)28-18-6-4-3-5-7-18/h3-14H,2H2,1H3/b19-14+,24-22?. The van der Waals surface area contributed by atoms with E-state index in [0.29, 0.717) is 28.1 Å². The van der Waals surface area contributed by atoms with Gasteiger partial charge in [-0.15, -0.1) is 0 Å². The highest BCUT2D eigenvalue weighted by Crippen LogP contribution is 2.35. The highest BCUT2D eigenvalue weighted by atomic mass is 32.2. The van der Waals surface area contributed by atoms with Crippen LogP contribution in [0.4, 0.5) is 10.1 Å². The highest BCUT2D eigenvalue weighted by Gasteiger charge is 2.32. The SMILES string of the molecule is CCN1C(=O)/C(=C\c2ccc(Sc3ccccc3)o2)SC1=Nc1ccc(F)cc1. The Kier molecular flexibility index (Phi) is 5.87. The number of likely N-dealkylation sites (N-methyl/N-ethyl adjacent to an activating group) is 1. The lowest BCUT2D eigenvalue weighted by Crippen LogP contribution is -2.28. The monoisotopic (exact) mass is 424 g/mol. The highest BCUT2D eigenvalue weighted by molar-refractivity contribution is 8.18. The average Bonchev–Trinajstić information content (AvgIpc) is 3.28. The summed E-state index contributed by atoms with van der Waals surface area (Å²) in [7, 11) is 0. The van der Waals surface area contributed by atoms with E-state index in [0.717, 1.165) is 9.99 Å². The van der Waals surface area contributed by atoms with E-state index in [-0.39, 0.29) is 11.7 Å². The van der Waals surface area contributed by atoms with E-state index in [2.05, 4.69) is 4.99 Å². The number of aliphatic imine (C=N–C) groups is 1. The summed E-state index contributed by atoms with van der Waals surface area (Å²) in [6, 6.07) is 19.5. The summed E-state index contributed by atoms with van der Waals surface area (Å²) < 4.78 is 19.0. The lowest BCUT2D eigenvalue weighted by Gasteiger charge is -2.11. The van der Waals surface area contributed by atoms with Gasteiger partial charge in [0.2, 0.25) is 0 Å². The van der Waals surface area contributed by atoms with Crippen LogP contribution in [-0.2, 0) is 4.79 Å². The van der Waals surface area contributed by atoms with Gasteiger partial charge in [-0.2, -0.15) is 0 Å². The lowest BCUT2D eigenvalue weighted by molar-refractivity contribution is -0.122. The molecule has 0 atom stereocenters. The molecule has 4 rings (SSSR count). The first kappa shape index (κ1) is 19.5. The quantitative estimate of drug-likeness (QED) is 0.458. The van der Waals surface area contributed by atoms with Crippen LogP contribution in [-0.4, -0.2) is 22.5 Å². The average molecular weight is 425 g/mol. The van der Waals surface area contributed by atoms with Gasteiger partial charge in [-0.1, -0.05) is 30.0 Å². The van der Waals surface area contributed by atoms with Crippen LogP contribution in [0.3, 0.4) is 0 Å². The number of carbonyl (C=O) groups is 1. The normalized spacial score (nSPS) is 16.9. The number of carbonyl (C=O) groups excluding carboxylic acids is 1. The van der Waals surface area contributed by atoms with E-state index in [1.165, 1.54) is 35.7 Å². The first-order valence-corrected chi connectivity index (χ1v) is 10.6. The summed E-state index contributed by atoms with van der Waals surface area (Å²) in [5.74, 6) is 0.171. The summed E-state index contributed by atoms with van der Waals surface area (Å²) in [5.41, 5.74) is 0.598. The maximum atomic E-state index is 13.1. The zero-order valence-corrected chi connectivity index (χ0v) is 17.2. The van der Waals surface area contributed by atoms with Crippen molar-refractivity contribution in [2.75, 3.05) is 6.54 Å². The summed E-state index contributed by atoms with van der Waals surface area (Å²) in [6.45, 7) is 2.39. The van der Waals surface area contributed by atoms with Gasteiger partial charge in [-0.25, -0.2) is 9.38 Å². The van der Waals surface area contributed by atoms with Crippen LogP contribution in [0.25, 0.3) is 6.08 Å². The van der Waals surface area contributed by atoms with Crippen molar-refractivity contribution < 1.29 is 13.6 Å². The molecule has 4 nitrogen and oxygen atoms in total. The van der Waals surface area contributed by atoms with Crippen molar-refractivity contribution in [2.45, 2.75) is 16.9 Å². The molecule has 2 heterocycles. The summed E-state index contributed by atoms with van der Waals surface area (Å²) >= 11 is 2.81. The van der Waals surface area contributed by atoms with Gasteiger partial charge in [0.15, 0.2) is 10.3 Å². The summed E-state index contributed by atoms with van der Waals surface area (Å²) in [6.07, 6.45) is 1.73. The molecule has 3 aromatic rings. The predicted octanol–water partition coefficient (Wildman–Crippen LogP) is 6.19. The fourth-order valence-electron chi connectivity index (χ4n) is 2.70. The molecule has 1 aliphatic rings. The number of nitrogens with zero attached hydrogens (tertiary/aromatic N) is 2. The van der Waals surface area contributed by atoms with Gasteiger partial charge in [0, 0.05) is 17.5 Å². The van der Waals surface area contributed by atoms with Crippen molar-refractivity contribution in [3.05, 3.63) is 83.2 Å². The summed E-state index contributed by atoms with van der Waals surface area (Å²) in [5, 5.41) is 1.33. The van der Waals surface area contributed by atoms with Gasteiger partial charge < -0.3 is 4.42 Å². The molecule has 0 radical (unpaired) electrons. The van der Waals surface area contributed by atoms with E-state index < -0.39 is 0 Å². The van der Waals surface area contributed by atoms with Crippen molar-refractivity contribution in [3.8, 4) is 0 Å². The second kappa shape index (κ2) is 8.71. The van der Waals surface area contributed by atoms with Crippen molar-refractivity contribution in [1.82, 2.24) is 4.90 Å². The van der Waals surface area contributed by atoms with E-state index in [4.69, 9.17) is 4.42 Å². The van der Waals surface area contributed by atoms with Crippen molar-refractivity contribution in [2.24, 2.45) is 4.99 Å². The second-order valence-corrected chi connectivity index (χ2v) is 8.19. The smallest absolute Gasteiger partial charge is 0.266 e. The van der Waals surface area contributed by atoms with Crippen LogP contribution in [0, 0.1) is 5.82 Å². The molecule has 1 aromatic heterocycles. The number of benzene rings is 2. The lowest BCUT2D eigenvalue weighted by atomic mass is 10.3. The third-order valence-electron chi connectivity index (χ3n) is 4.09. The fourth-order valence-corrected chi connectivity index (χ4v) is 4.54. The number of rotatable bonds is 5. The molecule has 1 fully saturated rings. The van der Waals surface area contributed by atoms with Crippen molar-refractivity contribution >= 4 is 46.4 Å². The molecule has 1 aliphatic heterocycles. The van der Waals surface area contributed by atoms with Crippen LogP contribution in [0.5, 0.6) is 0 Å². The van der Waals surface area contributed by atoms with E-state index in [9.17, 15) is 9.18 Å². The van der Waals surface area contributed by atoms with E-state index in [1.54, 1.807) is 23.1 Å². The Morgan fingerprint density at radius 2 is 1.86 bits per heavy atom. The van der Waals surface area contributed by atoms with Gasteiger partial charge in [-0.05, 0) is 67.2 Å². The Balaban J connectivity index is 1.54. The van der Waals surface area contributed by atoms with Crippen LogP contribution in [0.2, 0.25) is 0 Å². The Bertz CT molecular complexity index is 1080. The van der Waals surface area contributed by atoms with Crippen LogP contribution < -0.4 is 0 Å². The predicted molar refractivity (Wildman–Crippen MR) is 116 cm³/mol. The zero-order chi connectivity index (χ0) is 20.2. The number of furan rings is 1. The Labute approximate surface area is 176 Å². The third-order valence-corrected chi connectivity index (χ3v) is 6.03. The number of thioether (sulfide) groups is 1. The molecule has 0 N–H and O–H groups in total. The molecule has 1 saturated heterocycles. The molecule has 0 saturated carbocycles. The molecular weight excluding hydrogens is 407 g/mol. The van der Waals surface area contributed by atoms with Crippen LogP contribution in [0.15, 0.2) is 91.0 Å². The Morgan fingerprint density at radius 3 is 2.59 bits per heavy atom. The fraction of sp³-hybridized carbons (Fsp3) is 0.0909. The Morgan fingerprint density at radius 1 is 1.10 bits per heavy atom. The molecule has 0 unspecified atom stereocenters. The van der Waals surface area contributed by atoms with Gasteiger partial charge in [0.25, 0.3) is 5.91 Å². The molecule has 29 heavy (non-hydrogen) atoms. The number of amidine groups is 1. The van der Waals surface area contributed by atoms with Gasteiger partial charge in [0.1, 0.15) is 11.6 Å². The van der Waals surface area contributed by atoms with Crippen molar-refractivity contribution in [1.29, 1.82) is 0 Å². The largest absolute Gasteiger partial charge is 0.450 e. The molecule has 0 bridgehead atoms. The third kappa shape index (κ3) is 4.63. The minimum absolute atomic E-state index is 0.118. The topological polar surface area (TPSA) is 45.8 Å². The van der Waals surface area contributed by atoms with Gasteiger partial charge >= 0.3 is 0 Å². The molecule has 2 aromatic carbocycles. The number of halogens is 1. The molecule has 0 aliphatic carbocycles. The van der Waals surface area contributed by atoms with Crippen LogP contribution >= 0.6 is 23.5 Å². The number of hydrogen-bond donors (Lipinski definition) is 0. The van der Waals surface area contributed by atoms with Crippen LogP contribution in [0.1, 0.15) is 12.7 Å². The van der Waals surface area contributed by atoms with Crippen molar-refractivity contribution in [3.63, 3.8) is 0 Å². The molecule has 146 valence electrons. The molecule has 1 amide bonds.